The summed E-state index contributed by atoms with van der Waals surface area (Å²) < 4.78 is 39.6. The van der Waals surface area contributed by atoms with Crippen LogP contribution < -0.4 is 14.4 Å². The van der Waals surface area contributed by atoms with E-state index < -0.39 is 10.0 Å². The first kappa shape index (κ1) is 23.0. The van der Waals surface area contributed by atoms with Crippen molar-refractivity contribution in [2.24, 2.45) is 0 Å². The van der Waals surface area contributed by atoms with Crippen LogP contribution in [-0.2, 0) is 10.0 Å². The zero-order valence-corrected chi connectivity index (χ0v) is 19.6. The summed E-state index contributed by atoms with van der Waals surface area (Å²) in [6.07, 6.45) is 0. The number of anilines is 1. The number of nitrogens with zero attached hydrogens (tertiary/aromatic N) is 2. The Balaban J connectivity index is 1.86. The van der Waals surface area contributed by atoms with Crippen LogP contribution in [0.15, 0.2) is 35.2 Å². The Hall–Kier alpha value is -1.67. The van der Waals surface area contributed by atoms with E-state index in [2.05, 4.69) is 0 Å². The Labute approximate surface area is 188 Å². The van der Waals surface area contributed by atoms with Crippen molar-refractivity contribution in [3.8, 4) is 11.5 Å². The average Bonchev–Trinajstić information content (AvgIpc) is 2.72. The molecule has 0 bridgehead atoms. The highest BCUT2D eigenvalue weighted by Gasteiger charge is 2.32. The summed E-state index contributed by atoms with van der Waals surface area (Å²) in [7, 11) is -3.75. The molecular weight excluding hydrogens is 447 g/mol. The Morgan fingerprint density at radius 3 is 2.20 bits per heavy atom. The molecule has 9 heteroatoms. The summed E-state index contributed by atoms with van der Waals surface area (Å²) in [6, 6.07) is 8.58. The standard InChI is InChI=1S/C21H26Cl2N2O4S/c1-4-28-19-14-21(20(29-5-2)12-15(19)3)30(26,27)25-10-8-24(9-11-25)18-13-16(22)6-7-17(18)23/h6-7,12-14H,4-5,8-11H2,1-3H3. The van der Waals surface area contributed by atoms with E-state index in [1.807, 2.05) is 25.7 Å². The number of rotatable bonds is 7. The van der Waals surface area contributed by atoms with Crippen LogP contribution >= 0.6 is 23.2 Å². The molecule has 0 amide bonds. The monoisotopic (exact) mass is 472 g/mol. The number of ether oxygens (including phenoxy) is 2. The fourth-order valence-corrected chi connectivity index (χ4v) is 5.41. The van der Waals surface area contributed by atoms with Gasteiger partial charge in [0.05, 0.1) is 23.9 Å². The molecule has 0 atom stereocenters. The molecule has 164 valence electrons. The summed E-state index contributed by atoms with van der Waals surface area (Å²) >= 11 is 12.4. The third-order valence-corrected chi connectivity index (χ3v) is 7.42. The highest BCUT2D eigenvalue weighted by atomic mass is 35.5. The van der Waals surface area contributed by atoms with Crippen LogP contribution in [0.3, 0.4) is 0 Å². The molecule has 0 saturated carbocycles. The predicted molar refractivity (Wildman–Crippen MR) is 121 cm³/mol. The fraction of sp³-hybridized carbons (Fsp3) is 0.429. The minimum Gasteiger partial charge on any atom is -0.494 e. The molecule has 0 aliphatic carbocycles. The van der Waals surface area contributed by atoms with E-state index in [1.165, 1.54) is 4.31 Å². The van der Waals surface area contributed by atoms with Crippen molar-refractivity contribution in [3.05, 3.63) is 45.9 Å². The number of piperazine rings is 1. The van der Waals surface area contributed by atoms with Gasteiger partial charge in [-0.05, 0) is 50.6 Å². The molecule has 0 N–H and O–H groups in total. The van der Waals surface area contributed by atoms with Crippen LogP contribution in [-0.4, -0.2) is 52.1 Å². The maximum absolute atomic E-state index is 13.4. The van der Waals surface area contributed by atoms with Gasteiger partial charge in [-0.15, -0.1) is 0 Å². The van der Waals surface area contributed by atoms with Gasteiger partial charge in [-0.2, -0.15) is 4.31 Å². The minimum absolute atomic E-state index is 0.132. The summed E-state index contributed by atoms with van der Waals surface area (Å²) in [4.78, 5) is 2.18. The molecule has 0 spiro atoms. The molecule has 3 rings (SSSR count). The maximum Gasteiger partial charge on any atom is 0.247 e. The number of hydrogen-bond acceptors (Lipinski definition) is 5. The maximum atomic E-state index is 13.4. The van der Waals surface area contributed by atoms with Crippen LogP contribution in [0.4, 0.5) is 5.69 Å². The number of aryl methyl sites for hydroxylation is 1. The Morgan fingerprint density at radius 1 is 0.933 bits per heavy atom. The smallest absolute Gasteiger partial charge is 0.247 e. The zero-order valence-electron chi connectivity index (χ0n) is 17.3. The summed E-state index contributed by atoms with van der Waals surface area (Å²) in [5.41, 5.74) is 1.64. The third-order valence-electron chi connectivity index (χ3n) is 4.95. The first-order valence-electron chi connectivity index (χ1n) is 9.88. The van der Waals surface area contributed by atoms with E-state index in [9.17, 15) is 8.42 Å². The van der Waals surface area contributed by atoms with Crippen LogP contribution in [0.1, 0.15) is 19.4 Å². The minimum atomic E-state index is -3.75. The second-order valence-corrected chi connectivity index (χ2v) is 9.67. The molecule has 0 aromatic heterocycles. The number of sulfonamides is 1. The molecule has 1 heterocycles. The first-order chi connectivity index (χ1) is 14.3. The Bertz CT molecular complexity index is 1010. The molecule has 0 unspecified atom stereocenters. The Morgan fingerprint density at radius 2 is 1.57 bits per heavy atom. The lowest BCUT2D eigenvalue weighted by molar-refractivity contribution is 0.318. The molecule has 1 aliphatic rings. The third kappa shape index (κ3) is 4.80. The summed E-state index contributed by atoms with van der Waals surface area (Å²) in [5.74, 6) is 0.891. The van der Waals surface area contributed by atoms with Crippen molar-refractivity contribution in [2.45, 2.75) is 25.7 Å². The lowest BCUT2D eigenvalue weighted by Gasteiger charge is -2.36. The number of hydrogen-bond donors (Lipinski definition) is 0. The highest BCUT2D eigenvalue weighted by Crippen LogP contribution is 2.35. The molecule has 1 aliphatic heterocycles. The van der Waals surface area contributed by atoms with Gasteiger partial charge in [-0.25, -0.2) is 8.42 Å². The molecule has 1 saturated heterocycles. The van der Waals surface area contributed by atoms with Gasteiger partial charge in [0, 0.05) is 37.3 Å². The molecular formula is C21H26Cl2N2O4S. The second kappa shape index (κ2) is 9.64. The second-order valence-electron chi connectivity index (χ2n) is 6.92. The van der Waals surface area contributed by atoms with E-state index in [1.54, 1.807) is 30.3 Å². The molecule has 6 nitrogen and oxygen atoms in total. The summed E-state index contributed by atoms with van der Waals surface area (Å²) in [6.45, 7) is 8.06. The topological polar surface area (TPSA) is 59.1 Å². The van der Waals surface area contributed by atoms with Crippen LogP contribution in [0, 0.1) is 6.92 Å². The van der Waals surface area contributed by atoms with Gasteiger partial charge in [-0.1, -0.05) is 23.2 Å². The van der Waals surface area contributed by atoms with Gasteiger partial charge in [0.2, 0.25) is 10.0 Å². The fourth-order valence-electron chi connectivity index (χ4n) is 3.46. The van der Waals surface area contributed by atoms with E-state index in [0.717, 1.165) is 11.3 Å². The Kier molecular flexibility index (Phi) is 7.39. The van der Waals surface area contributed by atoms with E-state index >= 15 is 0 Å². The zero-order chi connectivity index (χ0) is 21.9. The van der Waals surface area contributed by atoms with Gasteiger partial charge in [0.25, 0.3) is 0 Å². The van der Waals surface area contributed by atoms with Crippen molar-refractivity contribution in [2.75, 3.05) is 44.3 Å². The predicted octanol–water partition coefficient (Wildman–Crippen LogP) is 4.61. The van der Waals surface area contributed by atoms with Gasteiger partial charge in [0.1, 0.15) is 16.4 Å². The van der Waals surface area contributed by atoms with E-state index in [0.29, 0.717) is 60.9 Å². The van der Waals surface area contributed by atoms with Gasteiger partial charge >= 0.3 is 0 Å². The van der Waals surface area contributed by atoms with E-state index in [4.69, 9.17) is 32.7 Å². The molecule has 2 aromatic carbocycles. The van der Waals surface area contributed by atoms with Crippen molar-refractivity contribution >= 4 is 38.9 Å². The van der Waals surface area contributed by atoms with Crippen molar-refractivity contribution in [1.29, 1.82) is 0 Å². The van der Waals surface area contributed by atoms with Gasteiger partial charge < -0.3 is 14.4 Å². The molecule has 1 fully saturated rings. The van der Waals surface area contributed by atoms with Crippen LogP contribution in [0.2, 0.25) is 10.0 Å². The van der Waals surface area contributed by atoms with E-state index in [-0.39, 0.29) is 4.90 Å². The van der Waals surface area contributed by atoms with Crippen molar-refractivity contribution < 1.29 is 17.9 Å². The summed E-state index contributed by atoms with van der Waals surface area (Å²) in [5, 5.41) is 1.18. The molecule has 2 aromatic rings. The quantitative estimate of drug-likeness (QED) is 0.588. The first-order valence-corrected chi connectivity index (χ1v) is 12.1. The van der Waals surface area contributed by atoms with Gasteiger partial charge in [0.15, 0.2) is 0 Å². The number of halogens is 2. The van der Waals surface area contributed by atoms with Crippen LogP contribution in [0.25, 0.3) is 0 Å². The van der Waals surface area contributed by atoms with Crippen molar-refractivity contribution in [1.82, 2.24) is 4.31 Å². The largest absolute Gasteiger partial charge is 0.494 e. The lowest BCUT2D eigenvalue weighted by atomic mass is 10.2. The molecule has 30 heavy (non-hydrogen) atoms. The normalized spacial score (nSPS) is 15.3. The van der Waals surface area contributed by atoms with Gasteiger partial charge in [-0.3, -0.25) is 0 Å². The molecule has 0 radical (unpaired) electrons. The number of benzene rings is 2. The van der Waals surface area contributed by atoms with Crippen LogP contribution in [0.5, 0.6) is 11.5 Å². The lowest BCUT2D eigenvalue weighted by Crippen LogP contribution is -2.48. The SMILES string of the molecule is CCOc1cc(S(=O)(=O)N2CCN(c3cc(Cl)ccc3Cl)CC2)c(OCC)cc1C. The average molecular weight is 473 g/mol. The highest BCUT2D eigenvalue weighted by molar-refractivity contribution is 7.89. The van der Waals surface area contributed by atoms with Crippen molar-refractivity contribution in [3.63, 3.8) is 0 Å².